The first kappa shape index (κ1) is 18.4. The molecule has 0 saturated carbocycles. The third-order valence-corrected chi connectivity index (χ3v) is 4.43. The number of hydrogen-bond acceptors (Lipinski definition) is 3. The van der Waals surface area contributed by atoms with Crippen molar-refractivity contribution in [2.75, 3.05) is 18.4 Å². The predicted molar refractivity (Wildman–Crippen MR) is 93.6 cm³/mol. The minimum absolute atomic E-state index is 0.153. The Bertz CT molecular complexity index is 799. The van der Waals surface area contributed by atoms with Gasteiger partial charge in [-0.05, 0) is 67.8 Å². The number of alkyl halides is 3. The van der Waals surface area contributed by atoms with Gasteiger partial charge in [-0.1, -0.05) is 0 Å². The molecule has 2 N–H and O–H groups in total. The third-order valence-electron chi connectivity index (χ3n) is 4.43. The van der Waals surface area contributed by atoms with Gasteiger partial charge in [0.25, 0.3) is 0 Å². The molecule has 1 atom stereocenters. The highest BCUT2D eigenvalue weighted by Gasteiger charge is 2.32. The molecule has 2 aromatic rings. The topological polar surface area (TPSA) is 54.0 Å². The zero-order chi connectivity index (χ0) is 18.7. The zero-order valence-electron chi connectivity index (χ0n) is 14.4. The lowest BCUT2D eigenvalue weighted by Gasteiger charge is -2.22. The normalized spacial score (nSPS) is 17.8. The van der Waals surface area contributed by atoms with E-state index in [1.54, 1.807) is 31.3 Å². The Labute approximate surface area is 149 Å². The van der Waals surface area contributed by atoms with Gasteiger partial charge in [0.05, 0.1) is 11.5 Å². The molecule has 1 unspecified atom stereocenters. The molecule has 1 aliphatic rings. The Morgan fingerprint density at radius 2 is 2.04 bits per heavy atom. The summed E-state index contributed by atoms with van der Waals surface area (Å²) in [6.45, 7) is 3.18. The summed E-state index contributed by atoms with van der Waals surface area (Å²) in [6.07, 6.45) is -1.34. The van der Waals surface area contributed by atoms with Crippen molar-refractivity contribution < 1.29 is 18.0 Å². The number of nitrogens with one attached hydrogen (secondary N) is 2. The maximum atomic E-state index is 13.3. The first-order valence-electron chi connectivity index (χ1n) is 8.50. The number of carbonyl (C=O) groups excluding carboxylic acids is 1. The van der Waals surface area contributed by atoms with E-state index in [-0.39, 0.29) is 17.5 Å². The van der Waals surface area contributed by atoms with Gasteiger partial charge < -0.3 is 10.6 Å². The fourth-order valence-corrected chi connectivity index (χ4v) is 3.08. The average molecular weight is 363 g/mol. The van der Waals surface area contributed by atoms with Gasteiger partial charge in [0.1, 0.15) is 0 Å². The number of benzene rings is 1. The molecule has 26 heavy (non-hydrogen) atoms. The highest BCUT2D eigenvalue weighted by atomic mass is 19.4. The number of amides is 1. The Morgan fingerprint density at radius 1 is 1.23 bits per heavy atom. The van der Waals surface area contributed by atoms with E-state index in [9.17, 15) is 18.0 Å². The van der Waals surface area contributed by atoms with Crippen molar-refractivity contribution in [3.05, 3.63) is 47.8 Å². The largest absolute Gasteiger partial charge is 0.416 e. The number of aryl methyl sites for hydroxylation is 1. The number of aromatic nitrogens is 1. The molecule has 1 aromatic heterocycles. The van der Waals surface area contributed by atoms with Gasteiger partial charge in [-0.15, -0.1) is 0 Å². The van der Waals surface area contributed by atoms with E-state index < -0.39 is 11.7 Å². The molecule has 0 bridgehead atoms. The summed E-state index contributed by atoms with van der Waals surface area (Å²) >= 11 is 0. The number of piperidine rings is 1. The van der Waals surface area contributed by atoms with Crippen LogP contribution < -0.4 is 10.6 Å². The van der Waals surface area contributed by atoms with Crippen molar-refractivity contribution in [3.63, 3.8) is 0 Å². The predicted octanol–water partition coefficient (Wildman–Crippen LogP) is 4.01. The second-order valence-corrected chi connectivity index (χ2v) is 6.52. The van der Waals surface area contributed by atoms with Crippen LogP contribution in [0.25, 0.3) is 11.1 Å². The van der Waals surface area contributed by atoms with Crippen LogP contribution in [0.4, 0.5) is 18.9 Å². The van der Waals surface area contributed by atoms with Gasteiger partial charge in [-0.25, -0.2) is 0 Å². The highest BCUT2D eigenvalue weighted by molar-refractivity contribution is 5.93. The minimum Gasteiger partial charge on any atom is -0.326 e. The van der Waals surface area contributed by atoms with E-state index >= 15 is 0 Å². The first-order valence-corrected chi connectivity index (χ1v) is 8.50. The lowest BCUT2D eigenvalue weighted by atomic mass is 9.98. The van der Waals surface area contributed by atoms with Crippen molar-refractivity contribution in [2.45, 2.75) is 25.9 Å². The Balaban J connectivity index is 1.93. The molecular formula is C19H20F3N3O. The second-order valence-electron chi connectivity index (χ2n) is 6.52. The van der Waals surface area contributed by atoms with Gasteiger partial charge in [0.2, 0.25) is 5.91 Å². The van der Waals surface area contributed by atoms with Crippen LogP contribution >= 0.6 is 0 Å². The van der Waals surface area contributed by atoms with Crippen LogP contribution in [0.5, 0.6) is 0 Å². The molecule has 1 saturated heterocycles. The summed E-state index contributed by atoms with van der Waals surface area (Å²) in [5, 5.41) is 5.79. The second kappa shape index (κ2) is 7.45. The number of halogens is 3. The van der Waals surface area contributed by atoms with Gasteiger partial charge in [-0.3, -0.25) is 9.78 Å². The van der Waals surface area contributed by atoms with E-state index in [1.807, 2.05) is 0 Å². The van der Waals surface area contributed by atoms with Crippen molar-refractivity contribution in [3.8, 4) is 11.1 Å². The van der Waals surface area contributed by atoms with Gasteiger partial charge >= 0.3 is 6.18 Å². The summed E-state index contributed by atoms with van der Waals surface area (Å²) in [4.78, 5) is 16.5. The highest BCUT2D eigenvalue weighted by Crippen LogP contribution is 2.35. The Kier molecular flexibility index (Phi) is 5.27. The molecule has 7 heteroatoms. The van der Waals surface area contributed by atoms with E-state index in [1.165, 1.54) is 0 Å². The molecule has 2 heterocycles. The SMILES string of the molecule is Cc1cc(-c2cc(NC(=O)C3CCCNC3)cc(C(F)(F)F)c2)ccn1. The molecule has 1 fully saturated rings. The van der Waals surface area contributed by atoms with Crippen molar-refractivity contribution in [1.82, 2.24) is 10.3 Å². The molecule has 0 spiro atoms. The van der Waals surface area contributed by atoms with E-state index in [0.29, 0.717) is 23.4 Å². The molecule has 0 radical (unpaired) electrons. The smallest absolute Gasteiger partial charge is 0.326 e. The van der Waals surface area contributed by atoms with Crippen LogP contribution in [0.1, 0.15) is 24.1 Å². The number of pyridine rings is 1. The quantitative estimate of drug-likeness (QED) is 0.866. The van der Waals surface area contributed by atoms with Crippen LogP contribution in [0.2, 0.25) is 0 Å². The maximum Gasteiger partial charge on any atom is 0.416 e. The fraction of sp³-hybridized carbons (Fsp3) is 0.368. The van der Waals surface area contributed by atoms with Gasteiger partial charge in [0, 0.05) is 24.1 Å². The monoisotopic (exact) mass is 363 g/mol. The maximum absolute atomic E-state index is 13.3. The first-order chi connectivity index (χ1) is 12.3. The van der Waals surface area contributed by atoms with Crippen molar-refractivity contribution in [2.24, 2.45) is 5.92 Å². The number of nitrogens with zero attached hydrogens (tertiary/aromatic N) is 1. The average Bonchev–Trinajstić information content (AvgIpc) is 2.61. The van der Waals surface area contributed by atoms with E-state index in [2.05, 4.69) is 15.6 Å². The summed E-state index contributed by atoms with van der Waals surface area (Å²) < 4.78 is 39.9. The standard InChI is InChI=1S/C19H20F3N3O/c1-12-7-13(4-6-24-12)15-8-16(19(20,21)22)10-17(9-15)25-18(26)14-3-2-5-23-11-14/h4,6-10,14,23H,2-3,5,11H2,1H3,(H,25,26). The molecule has 1 aliphatic heterocycles. The van der Waals surface area contributed by atoms with Crippen molar-refractivity contribution in [1.29, 1.82) is 0 Å². The molecule has 1 aromatic carbocycles. The van der Waals surface area contributed by atoms with Crippen LogP contribution in [-0.4, -0.2) is 24.0 Å². The lowest BCUT2D eigenvalue weighted by Crippen LogP contribution is -2.37. The van der Waals surface area contributed by atoms with Crippen LogP contribution in [0.3, 0.4) is 0 Å². The third kappa shape index (κ3) is 4.40. The summed E-state index contributed by atoms with van der Waals surface area (Å²) in [5.41, 5.74) is 1.08. The lowest BCUT2D eigenvalue weighted by molar-refractivity contribution is -0.137. The summed E-state index contributed by atoms with van der Waals surface area (Å²) in [5.74, 6) is -0.488. The van der Waals surface area contributed by atoms with Gasteiger partial charge in [0.15, 0.2) is 0 Å². The summed E-state index contributed by atoms with van der Waals surface area (Å²) in [7, 11) is 0. The summed E-state index contributed by atoms with van der Waals surface area (Å²) in [6, 6.07) is 7.00. The van der Waals surface area contributed by atoms with Crippen LogP contribution in [0, 0.1) is 12.8 Å². The molecule has 138 valence electrons. The fourth-order valence-electron chi connectivity index (χ4n) is 3.08. The van der Waals surface area contributed by atoms with Crippen molar-refractivity contribution >= 4 is 11.6 Å². The molecule has 0 aliphatic carbocycles. The Morgan fingerprint density at radius 3 is 2.69 bits per heavy atom. The minimum atomic E-state index is -4.50. The molecule has 3 rings (SSSR count). The molecule has 4 nitrogen and oxygen atoms in total. The number of rotatable bonds is 3. The van der Waals surface area contributed by atoms with E-state index in [0.717, 1.165) is 31.5 Å². The Hall–Kier alpha value is -2.41. The van der Waals surface area contributed by atoms with E-state index in [4.69, 9.17) is 0 Å². The van der Waals surface area contributed by atoms with Crippen LogP contribution in [0.15, 0.2) is 36.5 Å². The zero-order valence-corrected chi connectivity index (χ0v) is 14.4. The van der Waals surface area contributed by atoms with Gasteiger partial charge in [-0.2, -0.15) is 13.2 Å². The number of anilines is 1. The number of carbonyl (C=O) groups is 1. The molecule has 1 amide bonds. The van der Waals surface area contributed by atoms with Crippen LogP contribution in [-0.2, 0) is 11.0 Å². The molecular weight excluding hydrogens is 343 g/mol. The number of hydrogen-bond donors (Lipinski definition) is 2.